The van der Waals surface area contributed by atoms with E-state index in [1.54, 1.807) is 0 Å². The number of nitrogens with two attached hydrogens (primary N) is 1. The molecule has 0 unspecified atom stereocenters. The van der Waals surface area contributed by atoms with Crippen molar-refractivity contribution in [2.75, 3.05) is 19.7 Å². The molecule has 3 N–H and O–H groups in total. The number of aliphatic hydroxyl groups is 1. The lowest BCUT2D eigenvalue weighted by atomic mass is 9.93. The van der Waals surface area contributed by atoms with Crippen LogP contribution in [0.3, 0.4) is 0 Å². The quantitative estimate of drug-likeness (QED) is 0.809. The first-order valence-electron chi connectivity index (χ1n) is 8.37. The zero-order valence-corrected chi connectivity index (χ0v) is 13.3. The second-order valence-corrected chi connectivity index (χ2v) is 6.32. The molecule has 2 rings (SSSR count). The Morgan fingerprint density at radius 3 is 2.59 bits per heavy atom. The van der Waals surface area contributed by atoms with E-state index in [0.29, 0.717) is 12.3 Å². The summed E-state index contributed by atoms with van der Waals surface area (Å²) in [5.41, 5.74) is 7.38. The molecular formula is C18H28N2O2. The highest BCUT2D eigenvalue weighted by atomic mass is 16.3. The number of hydrogen-bond donors (Lipinski definition) is 2. The van der Waals surface area contributed by atoms with Gasteiger partial charge in [-0.2, -0.15) is 0 Å². The van der Waals surface area contributed by atoms with Crippen LogP contribution in [0.5, 0.6) is 0 Å². The molecule has 0 aliphatic carbocycles. The predicted octanol–water partition coefficient (Wildman–Crippen LogP) is 1.96. The molecule has 1 atom stereocenters. The van der Waals surface area contributed by atoms with Crippen LogP contribution in [0, 0.1) is 5.92 Å². The molecule has 0 saturated carbocycles. The Balaban J connectivity index is 1.67. The van der Waals surface area contributed by atoms with E-state index in [4.69, 9.17) is 10.8 Å². The first-order chi connectivity index (χ1) is 10.7. The molecule has 0 radical (unpaired) electrons. The standard InChI is InChI=1S/C18H28N2O2/c19-17(14-16-4-2-1-3-5-16)6-7-18(22)20-11-8-15(9-12-20)10-13-21/h1-5,15,17,21H,6-14,19H2/t17-/m0/s1. The van der Waals surface area contributed by atoms with Gasteiger partial charge in [0.25, 0.3) is 0 Å². The van der Waals surface area contributed by atoms with Gasteiger partial charge in [0.15, 0.2) is 0 Å². The van der Waals surface area contributed by atoms with Gasteiger partial charge in [0.1, 0.15) is 0 Å². The number of amides is 1. The Hall–Kier alpha value is -1.39. The van der Waals surface area contributed by atoms with Crippen molar-refractivity contribution in [3.05, 3.63) is 35.9 Å². The van der Waals surface area contributed by atoms with Crippen LogP contribution in [0.15, 0.2) is 30.3 Å². The summed E-state index contributed by atoms with van der Waals surface area (Å²) in [5, 5.41) is 8.97. The maximum atomic E-state index is 12.2. The maximum Gasteiger partial charge on any atom is 0.222 e. The number of benzene rings is 1. The molecule has 4 heteroatoms. The van der Waals surface area contributed by atoms with Crippen LogP contribution in [0.4, 0.5) is 0 Å². The van der Waals surface area contributed by atoms with Crippen molar-refractivity contribution in [2.24, 2.45) is 11.7 Å². The second-order valence-electron chi connectivity index (χ2n) is 6.32. The lowest BCUT2D eigenvalue weighted by Gasteiger charge is -2.32. The summed E-state index contributed by atoms with van der Waals surface area (Å²) >= 11 is 0. The number of likely N-dealkylation sites (tertiary alicyclic amines) is 1. The molecule has 0 bridgehead atoms. The highest BCUT2D eigenvalue weighted by Crippen LogP contribution is 2.20. The number of nitrogens with zero attached hydrogens (tertiary/aromatic N) is 1. The molecule has 1 amide bonds. The van der Waals surface area contributed by atoms with Gasteiger partial charge >= 0.3 is 0 Å². The number of rotatable bonds is 7. The third-order valence-corrected chi connectivity index (χ3v) is 4.57. The van der Waals surface area contributed by atoms with Gasteiger partial charge in [0.2, 0.25) is 5.91 Å². The Kier molecular flexibility index (Phi) is 6.87. The average molecular weight is 304 g/mol. The molecule has 1 aliphatic rings. The molecule has 1 aromatic rings. The first-order valence-corrected chi connectivity index (χ1v) is 8.37. The number of carbonyl (C=O) groups is 1. The third kappa shape index (κ3) is 5.43. The fraction of sp³-hybridized carbons (Fsp3) is 0.611. The molecule has 1 saturated heterocycles. The minimum absolute atomic E-state index is 0.0401. The second kappa shape index (κ2) is 8.91. The fourth-order valence-electron chi connectivity index (χ4n) is 3.14. The molecule has 122 valence electrons. The predicted molar refractivity (Wildman–Crippen MR) is 88.4 cm³/mol. The van der Waals surface area contributed by atoms with E-state index in [2.05, 4.69) is 12.1 Å². The largest absolute Gasteiger partial charge is 0.396 e. The highest BCUT2D eigenvalue weighted by molar-refractivity contribution is 5.76. The maximum absolute atomic E-state index is 12.2. The third-order valence-electron chi connectivity index (χ3n) is 4.57. The molecule has 1 aliphatic heterocycles. The Morgan fingerprint density at radius 2 is 1.95 bits per heavy atom. The lowest BCUT2D eigenvalue weighted by Crippen LogP contribution is -2.39. The van der Waals surface area contributed by atoms with Crippen molar-refractivity contribution in [3.8, 4) is 0 Å². The van der Waals surface area contributed by atoms with Gasteiger partial charge in [-0.15, -0.1) is 0 Å². The zero-order valence-electron chi connectivity index (χ0n) is 13.3. The average Bonchev–Trinajstić information content (AvgIpc) is 2.54. The van der Waals surface area contributed by atoms with E-state index in [1.807, 2.05) is 23.1 Å². The van der Waals surface area contributed by atoms with E-state index in [-0.39, 0.29) is 18.6 Å². The monoisotopic (exact) mass is 304 g/mol. The minimum Gasteiger partial charge on any atom is -0.396 e. The summed E-state index contributed by atoms with van der Waals surface area (Å²) in [4.78, 5) is 14.2. The summed E-state index contributed by atoms with van der Waals surface area (Å²) in [5.74, 6) is 0.806. The van der Waals surface area contributed by atoms with Gasteiger partial charge < -0.3 is 15.7 Å². The lowest BCUT2D eigenvalue weighted by molar-refractivity contribution is -0.132. The Labute approximate surface area is 133 Å². The number of piperidine rings is 1. The summed E-state index contributed by atoms with van der Waals surface area (Å²) in [6, 6.07) is 10.2. The minimum atomic E-state index is 0.0401. The molecule has 22 heavy (non-hydrogen) atoms. The molecular weight excluding hydrogens is 276 g/mol. The van der Waals surface area contributed by atoms with Crippen molar-refractivity contribution >= 4 is 5.91 Å². The van der Waals surface area contributed by atoms with Gasteiger partial charge in [-0.05, 0) is 43.6 Å². The number of hydrogen-bond acceptors (Lipinski definition) is 3. The van der Waals surface area contributed by atoms with Crippen LogP contribution in [-0.4, -0.2) is 41.7 Å². The molecule has 4 nitrogen and oxygen atoms in total. The van der Waals surface area contributed by atoms with Crippen LogP contribution >= 0.6 is 0 Å². The van der Waals surface area contributed by atoms with E-state index < -0.39 is 0 Å². The van der Waals surface area contributed by atoms with Crippen LogP contribution < -0.4 is 5.73 Å². The van der Waals surface area contributed by atoms with Crippen molar-refractivity contribution in [3.63, 3.8) is 0 Å². The van der Waals surface area contributed by atoms with Gasteiger partial charge in [-0.3, -0.25) is 4.79 Å². The summed E-state index contributed by atoms with van der Waals surface area (Å²) in [7, 11) is 0. The van der Waals surface area contributed by atoms with Crippen LogP contribution in [0.1, 0.15) is 37.7 Å². The van der Waals surface area contributed by atoms with E-state index in [1.165, 1.54) is 5.56 Å². The number of aliphatic hydroxyl groups excluding tert-OH is 1. The van der Waals surface area contributed by atoms with Crippen molar-refractivity contribution < 1.29 is 9.90 Å². The summed E-state index contributed by atoms with van der Waals surface area (Å²) in [6.45, 7) is 1.92. The summed E-state index contributed by atoms with van der Waals surface area (Å²) in [6.07, 6.45) is 5.00. The van der Waals surface area contributed by atoms with E-state index in [9.17, 15) is 4.79 Å². The van der Waals surface area contributed by atoms with Crippen molar-refractivity contribution in [1.82, 2.24) is 4.90 Å². The first kappa shape index (κ1) is 17.0. The molecule has 1 heterocycles. The van der Waals surface area contributed by atoms with Crippen LogP contribution in [-0.2, 0) is 11.2 Å². The van der Waals surface area contributed by atoms with Crippen LogP contribution in [0.2, 0.25) is 0 Å². The van der Waals surface area contributed by atoms with Gasteiger partial charge in [-0.1, -0.05) is 30.3 Å². The Morgan fingerprint density at radius 1 is 1.27 bits per heavy atom. The number of carbonyl (C=O) groups excluding carboxylic acids is 1. The van der Waals surface area contributed by atoms with Crippen LogP contribution in [0.25, 0.3) is 0 Å². The van der Waals surface area contributed by atoms with E-state index >= 15 is 0 Å². The topological polar surface area (TPSA) is 66.6 Å². The van der Waals surface area contributed by atoms with Gasteiger partial charge in [-0.25, -0.2) is 0 Å². The summed E-state index contributed by atoms with van der Waals surface area (Å²) < 4.78 is 0. The SMILES string of the molecule is N[C@@H](CCC(=O)N1CCC(CCO)CC1)Cc1ccccc1. The zero-order chi connectivity index (χ0) is 15.8. The molecule has 0 spiro atoms. The van der Waals surface area contributed by atoms with Gasteiger partial charge in [0.05, 0.1) is 0 Å². The smallest absolute Gasteiger partial charge is 0.222 e. The van der Waals surface area contributed by atoms with Gasteiger partial charge in [0, 0.05) is 32.2 Å². The normalized spacial score (nSPS) is 17.5. The molecule has 0 aromatic heterocycles. The van der Waals surface area contributed by atoms with Crippen molar-refractivity contribution in [2.45, 2.75) is 44.6 Å². The van der Waals surface area contributed by atoms with E-state index in [0.717, 1.165) is 45.2 Å². The highest BCUT2D eigenvalue weighted by Gasteiger charge is 2.22. The molecule has 1 aromatic carbocycles. The Bertz CT molecular complexity index is 442. The molecule has 1 fully saturated rings. The fourth-order valence-corrected chi connectivity index (χ4v) is 3.14. The van der Waals surface area contributed by atoms with Crippen molar-refractivity contribution in [1.29, 1.82) is 0 Å².